The highest BCUT2D eigenvalue weighted by molar-refractivity contribution is 9.10. The van der Waals surface area contributed by atoms with Gasteiger partial charge in [0.25, 0.3) is 0 Å². The number of piperidine rings is 1. The van der Waals surface area contributed by atoms with E-state index in [2.05, 4.69) is 56.6 Å². The van der Waals surface area contributed by atoms with E-state index in [1.54, 1.807) is 7.05 Å². The van der Waals surface area contributed by atoms with Gasteiger partial charge in [0.15, 0.2) is 0 Å². The summed E-state index contributed by atoms with van der Waals surface area (Å²) < 4.78 is 1.11. The van der Waals surface area contributed by atoms with Crippen LogP contribution in [0.3, 0.4) is 0 Å². The van der Waals surface area contributed by atoms with Gasteiger partial charge < -0.3 is 15.5 Å². The van der Waals surface area contributed by atoms with Gasteiger partial charge >= 0.3 is 0 Å². The molecular formula is C16H24BrN3O. The molecule has 21 heavy (non-hydrogen) atoms. The summed E-state index contributed by atoms with van der Waals surface area (Å²) in [7, 11) is 3.68. The summed E-state index contributed by atoms with van der Waals surface area (Å²) in [5, 5.41) is 6.02. The zero-order chi connectivity index (χ0) is 15.4. The quantitative estimate of drug-likeness (QED) is 0.874. The largest absolute Gasteiger partial charge is 0.371 e. The molecular weight excluding hydrogens is 330 g/mol. The van der Waals surface area contributed by atoms with Crippen LogP contribution in [-0.2, 0) is 4.79 Å². The van der Waals surface area contributed by atoms with Crippen molar-refractivity contribution >= 4 is 27.5 Å². The maximum atomic E-state index is 11.8. The molecule has 1 amide bonds. The second-order valence-electron chi connectivity index (χ2n) is 5.62. The van der Waals surface area contributed by atoms with E-state index in [0.29, 0.717) is 6.04 Å². The van der Waals surface area contributed by atoms with E-state index in [9.17, 15) is 4.79 Å². The van der Waals surface area contributed by atoms with Crippen LogP contribution in [0.5, 0.6) is 0 Å². The fraction of sp³-hybridized carbons (Fsp3) is 0.562. The van der Waals surface area contributed by atoms with Gasteiger partial charge in [0, 0.05) is 36.3 Å². The number of anilines is 1. The van der Waals surface area contributed by atoms with Crippen LogP contribution in [0.25, 0.3) is 0 Å². The molecule has 0 radical (unpaired) electrons. The number of carbonyl (C=O) groups excluding carboxylic acids is 1. The molecule has 5 heteroatoms. The second kappa shape index (κ2) is 7.27. The number of benzene rings is 1. The Morgan fingerprint density at radius 1 is 1.43 bits per heavy atom. The third-order valence-corrected chi connectivity index (χ3v) is 4.97. The van der Waals surface area contributed by atoms with Gasteiger partial charge in [0.05, 0.1) is 5.92 Å². The highest BCUT2D eigenvalue weighted by Gasteiger charge is 2.25. The van der Waals surface area contributed by atoms with Crippen molar-refractivity contribution in [1.29, 1.82) is 0 Å². The monoisotopic (exact) mass is 353 g/mol. The van der Waals surface area contributed by atoms with Crippen LogP contribution in [0.4, 0.5) is 5.69 Å². The van der Waals surface area contributed by atoms with Crippen molar-refractivity contribution in [3.05, 3.63) is 28.2 Å². The minimum Gasteiger partial charge on any atom is -0.371 e. The molecule has 1 aromatic rings. The molecule has 1 heterocycles. The molecule has 0 bridgehead atoms. The van der Waals surface area contributed by atoms with Gasteiger partial charge in [-0.05, 0) is 44.5 Å². The van der Waals surface area contributed by atoms with Crippen LogP contribution >= 0.6 is 15.9 Å². The average molecular weight is 354 g/mol. The molecule has 0 aliphatic carbocycles. The van der Waals surface area contributed by atoms with Gasteiger partial charge in [-0.3, -0.25) is 4.79 Å². The minimum absolute atomic E-state index is 0.0958. The minimum atomic E-state index is 0.0958. The van der Waals surface area contributed by atoms with Crippen LogP contribution in [0.15, 0.2) is 22.7 Å². The topological polar surface area (TPSA) is 44.4 Å². The summed E-state index contributed by atoms with van der Waals surface area (Å²) in [4.78, 5) is 14.1. The number of hydrogen-bond donors (Lipinski definition) is 2. The Balaban J connectivity index is 2.14. The summed E-state index contributed by atoms with van der Waals surface area (Å²) in [6.07, 6.45) is 2.04. The maximum Gasteiger partial charge on any atom is 0.224 e. The predicted octanol–water partition coefficient (Wildman–Crippen LogP) is 2.69. The Morgan fingerprint density at radius 2 is 2.19 bits per heavy atom. The first-order valence-corrected chi connectivity index (χ1v) is 8.29. The maximum absolute atomic E-state index is 11.8. The zero-order valence-electron chi connectivity index (χ0n) is 12.9. The number of carbonyl (C=O) groups is 1. The van der Waals surface area contributed by atoms with Crippen molar-refractivity contribution in [3.63, 3.8) is 0 Å². The summed E-state index contributed by atoms with van der Waals surface area (Å²) >= 11 is 3.67. The van der Waals surface area contributed by atoms with E-state index >= 15 is 0 Å². The lowest BCUT2D eigenvalue weighted by molar-refractivity contribution is -0.124. The number of amides is 1. The molecule has 2 rings (SSSR count). The van der Waals surface area contributed by atoms with Gasteiger partial charge in [-0.2, -0.15) is 0 Å². The summed E-state index contributed by atoms with van der Waals surface area (Å²) in [5.41, 5.74) is 2.43. The van der Waals surface area contributed by atoms with Crippen LogP contribution in [0.2, 0.25) is 0 Å². The Hall–Kier alpha value is -1.07. The first kappa shape index (κ1) is 16.3. The van der Waals surface area contributed by atoms with Crippen LogP contribution in [-0.4, -0.2) is 33.1 Å². The smallest absolute Gasteiger partial charge is 0.224 e. The van der Waals surface area contributed by atoms with Crippen LogP contribution in [0.1, 0.15) is 31.4 Å². The fourth-order valence-corrected chi connectivity index (χ4v) is 3.56. The van der Waals surface area contributed by atoms with E-state index in [1.165, 1.54) is 11.3 Å². The SMILES string of the molecule is CNC(=O)C1CCCN(c2ccc(C(C)NC)c(Br)c2)C1. The molecule has 1 saturated heterocycles. The second-order valence-corrected chi connectivity index (χ2v) is 6.47. The summed E-state index contributed by atoms with van der Waals surface area (Å²) in [6.45, 7) is 3.95. The van der Waals surface area contributed by atoms with Crippen molar-refractivity contribution in [1.82, 2.24) is 10.6 Å². The summed E-state index contributed by atoms with van der Waals surface area (Å²) in [5.74, 6) is 0.248. The van der Waals surface area contributed by atoms with Gasteiger partial charge in [-0.1, -0.05) is 22.0 Å². The Kier molecular flexibility index (Phi) is 5.65. The molecule has 1 aliphatic rings. The third kappa shape index (κ3) is 3.77. The van der Waals surface area contributed by atoms with E-state index in [4.69, 9.17) is 0 Å². The molecule has 4 nitrogen and oxygen atoms in total. The number of rotatable bonds is 4. The predicted molar refractivity (Wildman–Crippen MR) is 90.6 cm³/mol. The first-order valence-electron chi connectivity index (χ1n) is 7.50. The van der Waals surface area contributed by atoms with Gasteiger partial charge in [0.2, 0.25) is 5.91 Å². The third-order valence-electron chi connectivity index (χ3n) is 4.29. The molecule has 116 valence electrons. The van der Waals surface area contributed by atoms with Crippen molar-refractivity contribution < 1.29 is 4.79 Å². The lowest BCUT2D eigenvalue weighted by Crippen LogP contribution is -2.42. The van der Waals surface area contributed by atoms with Crippen molar-refractivity contribution in [2.24, 2.45) is 5.92 Å². The lowest BCUT2D eigenvalue weighted by Gasteiger charge is -2.34. The highest BCUT2D eigenvalue weighted by Crippen LogP contribution is 2.30. The number of hydrogen-bond acceptors (Lipinski definition) is 3. The normalized spacial score (nSPS) is 20.2. The van der Waals surface area contributed by atoms with Gasteiger partial charge in [-0.25, -0.2) is 0 Å². The van der Waals surface area contributed by atoms with Gasteiger partial charge in [0.1, 0.15) is 0 Å². The van der Waals surface area contributed by atoms with Crippen molar-refractivity contribution in [2.75, 3.05) is 32.1 Å². The zero-order valence-corrected chi connectivity index (χ0v) is 14.5. The van der Waals surface area contributed by atoms with E-state index < -0.39 is 0 Å². The molecule has 1 aliphatic heterocycles. The van der Waals surface area contributed by atoms with Gasteiger partial charge in [-0.15, -0.1) is 0 Å². The fourth-order valence-electron chi connectivity index (χ4n) is 2.85. The highest BCUT2D eigenvalue weighted by atomic mass is 79.9. The standard InChI is InChI=1S/C16H24BrN3O/c1-11(18-2)14-7-6-13(9-15(14)17)20-8-4-5-12(10-20)16(21)19-3/h6-7,9,11-12,18H,4-5,8,10H2,1-3H3,(H,19,21). The molecule has 0 spiro atoms. The molecule has 1 aromatic carbocycles. The Morgan fingerprint density at radius 3 is 2.81 bits per heavy atom. The lowest BCUT2D eigenvalue weighted by atomic mass is 9.96. The van der Waals surface area contributed by atoms with Crippen LogP contribution in [0, 0.1) is 5.92 Å². The number of halogens is 1. The Bertz CT molecular complexity index is 506. The van der Waals surface area contributed by atoms with Crippen LogP contribution < -0.4 is 15.5 Å². The molecule has 2 atom stereocenters. The van der Waals surface area contributed by atoms with Crippen molar-refractivity contribution in [3.8, 4) is 0 Å². The summed E-state index contributed by atoms with van der Waals surface area (Å²) in [6, 6.07) is 6.79. The first-order chi connectivity index (χ1) is 10.1. The van der Waals surface area contributed by atoms with E-state index in [-0.39, 0.29) is 11.8 Å². The number of nitrogens with zero attached hydrogens (tertiary/aromatic N) is 1. The number of nitrogens with one attached hydrogen (secondary N) is 2. The Labute approximate surface area is 135 Å². The van der Waals surface area contributed by atoms with Crippen molar-refractivity contribution in [2.45, 2.75) is 25.8 Å². The average Bonchev–Trinajstić information content (AvgIpc) is 2.53. The molecule has 2 unspecified atom stereocenters. The molecule has 1 fully saturated rings. The van der Waals surface area contributed by atoms with E-state index in [1.807, 2.05) is 7.05 Å². The molecule has 0 aromatic heterocycles. The van der Waals surface area contributed by atoms with E-state index in [0.717, 1.165) is 30.4 Å². The molecule has 0 saturated carbocycles. The molecule has 2 N–H and O–H groups in total.